The summed E-state index contributed by atoms with van der Waals surface area (Å²) in [5, 5.41) is 2.75. The first kappa shape index (κ1) is 15.6. The topological polar surface area (TPSA) is 72.2 Å². The molecule has 4 nitrogen and oxygen atoms in total. The summed E-state index contributed by atoms with van der Waals surface area (Å²) in [6.07, 6.45) is 0. The van der Waals surface area contributed by atoms with Crippen molar-refractivity contribution in [3.8, 4) is 0 Å². The van der Waals surface area contributed by atoms with E-state index in [1.165, 1.54) is 0 Å². The van der Waals surface area contributed by atoms with E-state index in [1.54, 1.807) is 54.6 Å². The van der Waals surface area contributed by atoms with Gasteiger partial charge in [-0.2, -0.15) is 0 Å². The summed E-state index contributed by atoms with van der Waals surface area (Å²) >= 11 is 0. The number of nitrogen functional groups attached to an aromatic ring is 1. The minimum atomic E-state index is -0.517. The average Bonchev–Trinajstić information content (AvgIpc) is 2.48. The number of nitrogens with two attached hydrogens (primary N) is 1. The lowest BCUT2D eigenvalue weighted by atomic mass is 10.0. The third-order valence-electron chi connectivity index (χ3n) is 2.42. The van der Waals surface area contributed by atoms with Crippen LogP contribution in [0, 0.1) is 0 Å². The summed E-state index contributed by atoms with van der Waals surface area (Å²) in [4.78, 5) is 23.7. The highest BCUT2D eigenvalue weighted by molar-refractivity contribution is 6.49. The van der Waals surface area contributed by atoms with Gasteiger partial charge in [-0.05, 0) is 38.4 Å². The van der Waals surface area contributed by atoms with E-state index < -0.39 is 11.6 Å². The monoisotopic (exact) mass is 270 g/mol. The third-order valence-corrected chi connectivity index (χ3v) is 2.42. The second kappa shape index (κ2) is 7.86. The Morgan fingerprint density at radius 1 is 0.800 bits per heavy atom. The van der Waals surface area contributed by atoms with Crippen LogP contribution in [0.1, 0.15) is 20.7 Å². The lowest BCUT2D eigenvalue weighted by molar-refractivity contribution is 0.0817. The van der Waals surface area contributed by atoms with E-state index in [-0.39, 0.29) is 0 Å². The van der Waals surface area contributed by atoms with E-state index in [0.29, 0.717) is 16.8 Å². The van der Waals surface area contributed by atoms with Crippen molar-refractivity contribution >= 4 is 17.3 Å². The standard InChI is InChI=1S/C14H11NO2.C2H7N/c15-12-8-6-11(7-9-12)14(17)13(16)10-4-2-1-3-5-10;1-3-2/h1-9H,15H2;3H,1-2H3. The number of carbonyl (C=O) groups excluding carboxylic acids is 2. The van der Waals surface area contributed by atoms with Gasteiger partial charge in [-0.1, -0.05) is 30.3 Å². The summed E-state index contributed by atoms with van der Waals surface area (Å²) in [6.45, 7) is 0. The van der Waals surface area contributed by atoms with Crippen molar-refractivity contribution in [3.05, 3.63) is 65.7 Å². The number of Topliss-reactive ketones (excluding diaryl/α,β-unsaturated/α-hetero) is 2. The molecule has 2 aromatic carbocycles. The zero-order valence-corrected chi connectivity index (χ0v) is 11.6. The zero-order chi connectivity index (χ0) is 15.0. The molecule has 0 bridgehead atoms. The molecule has 20 heavy (non-hydrogen) atoms. The van der Waals surface area contributed by atoms with Crippen molar-refractivity contribution in [3.63, 3.8) is 0 Å². The molecule has 0 saturated carbocycles. The SMILES string of the molecule is CNC.Nc1ccc(C(=O)C(=O)c2ccccc2)cc1. The molecule has 0 saturated heterocycles. The number of carbonyl (C=O) groups is 2. The molecule has 0 spiro atoms. The highest BCUT2D eigenvalue weighted by atomic mass is 16.2. The van der Waals surface area contributed by atoms with E-state index in [4.69, 9.17) is 5.73 Å². The second-order valence-electron chi connectivity index (χ2n) is 4.15. The van der Waals surface area contributed by atoms with E-state index in [9.17, 15) is 9.59 Å². The van der Waals surface area contributed by atoms with Crippen molar-refractivity contribution in [2.45, 2.75) is 0 Å². The van der Waals surface area contributed by atoms with Crippen LogP contribution in [0.25, 0.3) is 0 Å². The average molecular weight is 270 g/mol. The molecule has 0 aliphatic heterocycles. The largest absolute Gasteiger partial charge is 0.399 e. The van der Waals surface area contributed by atoms with Gasteiger partial charge >= 0.3 is 0 Å². The van der Waals surface area contributed by atoms with Gasteiger partial charge in [-0.25, -0.2) is 0 Å². The summed E-state index contributed by atoms with van der Waals surface area (Å²) in [5.74, 6) is -1.02. The maximum absolute atomic E-state index is 11.9. The first-order valence-electron chi connectivity index (χ1n) is 6.18. The van der Waals surface area contributed by atoms with Gasteiger partial charge in [0.25, 0.3) is 0 Å². The first-order chi connectivity index (χ1) is 9.60. The maximum Gasteiger partial charge on any atom is 0.233 e. The molecule has 0 heterocycles. The molecular weight excluding hydrogens is 252 g/mol. The highest BCUT2D eigenvalue weighted by Gasteiger charge is 2.17. The van der Waals surface area contributed by atoms with Crippen molar-refractivity contribution in [1.82, 2.24) is 5.32 Å². The molecule has 104 valence electrons. The van der Waals surface area contributed by atoms with E-state index in [0.717, 1.165) is 0 Å². The molecular formula is C16H18N2O2. The Morgan fingerprint density at radius 3 is 1.65 bits per heavy atom. The number of hydrogen-bond acceptors (Lipinski definition) is 4. The van der Waals surface area contributed by atoms with Gasteiger partial charge in [0.2, 0.25) is 11.6 Å². The summed E-state index contributed by atoms with van der Waals surface area (Å²) < 4.78 is 0. The Hall–Kier alpha value is -2.46. The Morgan fingerprint density at radius 2 is 1.20 bits per heavy atom. The van der Waals surface area contributed by atoms with Crippen LogP contribution in [0.2, 0.25) is 0 Å². The Bertz CT molecular complexity index is 563. The fourth-order valence-corrected chi connectivity index (χ4v) is 1.49. The molecule has 2 rings (SSSR count). The number of hydrogen-bond donors (Lipinski definition) is 2. The van der Waals surface area contributed by atoms with Crippen LogP contribution in [0.15, 0.2) is 54.6 Å². The van der Waals surface area contributed by atoms with Crippen LogP contribution in [0.5, 0.6) is 0 Å². The first-order valence-corrected chi connectivity index (χ1v) is 6.18. The van der Waals surface area contributed by atoms with Gasteiger partial charge in [0, 0.05) is 16.8 Å². The molecule has 0 unspecified atom stereocenters. The molecule has 0 atom stereocenters. The molecule has 3 N–H and O–H groups in total. The Kier molecular flexibility index (Phi) is 6.13. The molecule has 0 aliphatic rings. The van der Waals surface area contributed by atoms with Gasteiger partial charge in [0.15, 0.2) is 0 Å². The van der Waals surface area contributed by atoms with Gasteiger partial charge in [-0.3, -0.25) is 9.59 Å². The summed E-state index contributed by atoms with van der Waals surface area (Å²) in [7, 11) is 3.75. The van der Waals surface area contributed by atoms with Crippen molar-refractivity contribution < 1.29 is 9.59 Å². The number of anilines is 1. The van der Waals surface area contributed by atoms with Crippen molar-refractivity contribution in [2.24, 2.45) is 0 Å². The van der Waals surface area contributed by atoms with Gasteiger partial charge in [0.05, 0.1) is 0 Å². The predicted octanol–water partition coefficient (Wildman–Crippen LogP) is 2.17. The zero-order valence-electron chi connectivity index (χ0n) is 11.6. The lowest BCUT2D eigenvalue weighted by Crippen LogP contribution is -2.14. The molecule has 0 aliphatic carbocycles. The minimum Gasteiger partial charge on any atom is -0.399 e. The van der Waals surface area contributed by atoms with E-state index in [2.05, 4.69) is 5.32 Å². The molecule has 2 aromatic rings. The smallest absolute Gasteiger partial charge is 0.233 e. The Balaban J connectivity index is 0.000000612. The van der Waals surface area contributed by atoms with Crippen LogP contribution in [-0.4, -0.2) is 25.7 Å². The Labute approximate surface area is 118 Å². The number of rotatable bonds is 3. The van der Waals surface area contributed by atoms with Crippen LogP contribution in [-0.2, 0) is 0 Å². The molecule has 0 aromatic heterocycles. The third kappa shape index (κ3) is 4.33. The summed E-state index contributed by atoms with van der Waals surface area (Å²) in [5.41, 5.74) is 6.83. The summed E-state index contributed by atoms with van der Waals surface area (Å²) in [6, 6.07) is 14.8. The van der Waals surface area contributed by atoms with Crippen LogP contribution >= 0.6 is 0 Å². The quantitative estimate of drug-likeness (QED) is 0.509. The molecule has 4 heteroatoms. The number of benzene rings is 2. The fraction of sp³-hybridized carbons (Fsp3) is 0.125. The van der Waals surface area contributed by atoms with Crippen molar-refractivity contribution in [1.29, 1.82) is 0 Å². The normalized spacial score (nSPS) is 9.30. The van der Waals surface area contributed by atoms with Crippen LogP contribution < -0.4 is 11.1 Å². The lowest BCUT2D eigenvalue weighted by Gasteiger charge is -2.01. The second-order valence-corrected chi connectivity index (χ2v) is 4.15. The van der Waals surface area contributed by atoms with Crippen molar-refractivity contribution in [2.75, 3.05) is 19.8 Å². The number of ketones is 2. The van der Waals surface area contributed by atoms with Gasteiger partial charge in [-0.15, -0.1) is 0 Å². The van der Waals surface area contributed by atoms with Crippen LogP contribution in [0.4, 0.5) is 5.69 Å². The van der Waals surface area contributed by atoms with E-state index >= 15 is 0 Å². The van der Waals surface area contributed by atoms with Gasteiger partial charge in [0.1, 0.15) is 0 Å². The molecule has 0 radical (unpaired) electrons. The minimum absolute atomic E-state index is 0.355. The predicted molar refractivity (Wildman–Crippen MR) is 80.9 cm³/mol. The van der Waals surface area contributed by atoms with Gasteiger partial charge < -0.3 is 11.1 Å². The maximum atomic E-state index is 11.9. The molecule has 0 fully saturated rings. The van der Waals surface area contributed by atoms with E-state index in [1.807, 2.05) is 14.1 Å². The highest BCUT2D eigenvalue weighted by Crippen LogP contribution is 2.10. The molecule has 0 amide bonds. The van der Waals surface area contributed by atoms with Crippen LogP contribution in [0.3, 0.4) is 0 Å². The number of nitrogens with one attached hydrogen (secondary N) is 1. The fourth-order valence-electron chi connectivity index (χ4n) is 1.49.